The average molecular weight is 1230 g/mol. The molecule has 0 aliphatic heterocycles. The van der Waals surface area contributed by atoms with Gasteiger partial charge in [-0.15, -0.1) is 0 Å². The van der Waals surface area contributed by atoms with Gasteiger partial charge in [0, 0.05) is 43.9 Å². The second-order valence-corrected chi connectivity index (χ2v) is 24.3. The first-order chi connectivity index (χ1) is 41.4. The summed E-state index contributed by atoms with van der Waals surface area (Å²) < 4.78 is 22.5. The zero-order valence-corrected chi connectivity index (χ0v) is 51.3. The van der Waals surface area contributed by atoms with Gasteiger partial charge >= 0.3 is 17.9 Å². The number of phenols is 1. The van der Waals surface area contributed by atoms with Crippen LogP contribution in [-0.4, -0.2) is 94.2 Å². The smallest absolute Gasteiger partial charge is 0.332 e. The van der Waals surface area contributed by atoms with Crippen molar-refractivity contribution in [3.8, 4) is 17.2 Å². The van der Waals surface area contributed by atoms with Crippen LogP contribution in [-0.2, 0) is 62.4 Å². The second kappa shape index (κ2) is 27.6. The minimum absolute atomic E-state index is 0.0745. The van der Waals surface area contributed by atoms with Crippen LogP contribution < -0.4 is 25.4 Å². The predicted molar refractivity (Wildman–Crippen MR) is 331 cm³/mol. The number of esters is 2. The van der Waals surface area contributed by atoms with Gasteiger partial charge in [0.2, 0.25) is 0 Å². The third-order valence-corrected chi connectivity index (χ3v) is 17.7. The molecule has 0 aromatic heterocycles. The number of rotatable bonds is 18. The van der Waals surface area contributed by atoms with Crippen molar-refractivity contribution < 1.29 is 57.9 Å². The molecule has 6 aromatic carbocycles. The maximum absolute atomic E-state index is 13.3. The number of carboxylic acid groups (broad SMARTS) is 1. The van der Waals surface area contributed by atoms with E-state index in [0.29, 0.717) is 78.9 Å². The first-order valence-corrected chi connectivity index (χ1v) is 31.1. The molecule has 6 aliphatic carbocycles. The summed E-state index contributed by atoms with van der Waals surface area (Å²) in [6, 6.07) is 39.1. The number of aromatic hydroxyl groups is 1. The molecule has 0 spiro atoms. The second-order valence-electron chi connectivity index (χ2n) is 23.7. The Hall–Kier alpha value is -7.98. The number of carbonyl (C=O) groups is 6. The number of hydrogen-bond acceptors (Lipinski definition) is 11. The fourth-order valence-electron chi connectivity index (χ4n) is 11.2. The largest absolute Gasteiger partial charge is 0.507 e. The monoisotopic (exact) mass is 1230 g/mol. The fourth-order valence-corrected chi connectivity index (χ4v) is 11.9. The maximum atomic E-state index is 13.3. The molecule has 5 N–H and O–H groups in total. The summed E-state index contributed by atoms with van der Waals surface area (Å²) in [7, 11) is 0. The van der Waals surface area contributed by atoms with E-state index in [4.69, 9.17) is 18.9 Å². The molecular formula is C70H78BrN3O12. The van der Waals surface area contributed by atoms with Crippen molar-refractivity contribution in [3.63, 3.8) is 0 Å². The number of halogens is 1. The van der Waals surface area contributed by atoms with Gasteiger partial charge in [0.05, 0.1) is 43.1 Å². The molecule has 12 rings (SSSR count). The van der Waals surface area contributed by atoms with Crippen LogP contribution in [0.15, 0.2) is 127 Å². The van der Waals surface area contributed by atoms with E-state index in [1.807, 2.05) is 105 Å². The van der Waals surface area contributed by atoms with Gasteiger partial charge in [-0.25, -0.2) is 14.4 Å². The highest BCUT2D eigenvalue weighted by Crippen LogP contribution is 2.38. The van der Waals surface area contributed by atoms with E-state index in [1.165, 1.54) is 31.0 Å². The average Bonchev–Trinajstić information content (AvgIpc) is 2.79. The van der Waals surface area contributed by atoms with Crippen LogP contribution in [0.4, 0.5) is 0 Å². The number of alkyl halides is 1. The number of para-hydroxylation sites is 3. The van der Waals surface area contributed by atoms with E-state index in [-0.39, 0.29) is 43.3 Å². The first kappa shape index (κ1) is 62.5. The van der Waals surface area contributed by atoms with Crippen molar-refractivity contribution in [1.82, 2.24) is 16.0 Å². The number of carbonyl (C=O) groups excluding carboxylic acids is 5. The fraction of sp³-hybridized carbons (Fsp3) is 0.400. The number of phenolic OH excluding ortho intramolecular Hbond substituents is 1. The molecule has 452 valence electrons. The molecule has 0 atom stereocenters. The molecule has 16 heteroatoms. The van der Waals surface area contributed by atoms with Gasteiger partial charge in [0.15, 0.2) is 0 Å². The van der Waals surface area contributed by atoms with Gasteiger partial charge in [0.25, 0.3) is 17.7 Å². The molecule has 3 amide bonds. The van der Waals surface area contributed by atoms with Crippen molar-refractivity contribution in [1.29, 1.82) is 0 Å². The summed E-state index contributed by atoms with van der Waals surface area (Å²) in [5.41, 5.74) is 5.95. The third-order valence-electron chi connectivity index (χ3n) is 16.7. The Morgan fingerprint density at radius 1 is 0.453 bits per heavy atom. The van der Waals surface area contributed by atoms with Crippen LogP contribution in [0.2, 0.25) is 0 Å². The van der Waals surface area contributed by atoms with Gasteiger partial charge in [0.1, 0.15) is 33.9 Å². The highest BCUT2D eigenvalue weighted by atomic mass is 79.9. The summed E-state index contributed by atoms with van der Waals surface area (Å²) in [5, 5.41) is 29.9. The van der Waals surface area contributed by atoms with Crippen molar-refractivity contribution in [2.45, 2.75) is 128 Å². The van der Waals surface area contributed by atoms with Crippen molar-refractivity contribution in [3.05, 3.63) is 194 Å². The standard InChI is InChI=1S/C24H27NO4.C22H23NO4.C20H21NO4.C4H7Br/c1-3-28-23(27)24(13-18-8-4-5-9-19(18)14-24)25-22(26)20-10-6-7-16(2)21(20)29-15-17-11-12-17;1-14-5-4-8-18(19(14)27-13-15-9-10-15)20(24)23-22(21(25)26)11-16-6-2-3-7-17(16)12-22;1-3-25-19(24)20(11-14-8-4-5-9-15(14)12-20)21-18(23)16-10-6-7-13(2)17(16)22;5-3-4-1-2-4/h4-10,17H,3,11-15H2,1-2H3,(H,25,26);2-8,15H,9-13H2,1H3,(H,23,24)(H,25,26);4-10,22H,3,11-12H2,1-2H3,(H,21,23);4H,1-3H2. The molecule has 0 bridgehead atoms. The van der Waals surface area contributed by atoms with E-state index in [9.17, 15) is 39.0 Å². The Morgan fingerprint density at radius 2 is 0.767 bits per heavy atom. The molecule has 0 unspecified atom stereocenters. The van der Waals surface area contributed by atoms with Crippen molar-refractivity contribution in [2.75, 3.05) is 31.8 Å². The highest BCUT2D eigenvalue weighted by molar-refractivity contribution is 9.09. The zero-order chi connectivity index (χ0) is 61.2. The molecular weight excluding hydrogens is 1150 g/mol. The molecule has 0 heterocycles. The molecule has 86 heavy (non-hydrogen) atoms. The Bertz CT molecular complexity index is 3400. The number of ether oxygens (including phenoxy) is 4. The quantitative estimate of drug-likeness (QED) is 0.0401. The Labute approximate surface area is 512 Å². The SMILES string of the molecule is BrCC1CC1.CCOC(=O)C1(NC(=O)c2cccc(C)c2O)Cc2ccccc2C1.CCOC(=O)C1(NC(=O)c2cccc(C)c2OCC2CC2)Cc2ccccc2C1.Cc1cccc(C(=O)NC2(C(=O)O)Cc3ccccc3C2)c1OCC1CC1. The Kier molecular flexibility index (Phi) is 20.1. The van der Waals surface area contributed by atoms with E-state index in [0.717, 1.165) is 63.3 Å². The van der Waals surface area contributed by atoms with E-state index >= 15 is 0 Å². The number of aliphatic carboxylic acids is 1. The van der Waals surface area contributed by atoms with Gasteiger partial charge in [-0.2, -0.15) is 0 Å². The molecule has 3 saturated carbocycles. The number of benzene rings is 6. The summed E-state index contributed by atoms with van der Waals surface area (Å²) in [6.07, 6.45) is 9.78. The van der Waals surface area contributed by atoms with Crippen LogP contribution in [0.1, 0.15) is 134 Å². The summed E-state index contributed by atoms with van der Waals surface area (Å²) in [5.74, 6) is 0.233. The van der Waals surface area contributed by atoms with Gasteiger partial charge in [-0.05, 0) is 159 Å². The summed E-state index contributed by atoms with van der Waals surface area (Å²) in [6.45, 7) is 10.8. The van der Waals surface area contributed by atoms with Gasteiger partial charge in [-0.3, -0.25) is 14.4 Å². The zero-order valence-electron chi connectivity index (χ0n) is 49.7. The normalized spacial score (nSPS) is 16.7. The number of aryl methyl sites for hydroxylation is 3. The lowest BCUT2D eigenvalue weighted by atomic mass is 9.94. The van der Waals surface area contributed by atoms with Crippen LogP contribution in [0.25, 0.3) is 0 Å². The van der Waals surface area contributed by atoms with Crippen molar-refractivity contribution >= 4 is 51.6 Å². The lowest BCUT2D eigenvalue weighted by Crippen LogP contribution is -2.56. The number of nitrogens with one attached hydrogen (secondary N) is 3. The first-order valence-electron chi connectivity index (χ1n) is 30.0. The lowest BCUT2D eigenvalue weighted by molar-refractivity contribution is -0.151. The molecule has 6 aliphatic rings. The van der Waals surface area contributed by atoms with Crippen LogP contribution in [0, 0.1) is 38.5 Å². The Balaban J connectivity index is 0.000000148. The van der Waals surface area contributed by atoms with Crippen LogP contribution in [0.5, 0.6) is 17.2 Å². The molecule has 6 aromatic rings. The predicted octanol–water partition coefficient (Wildman–Crippen LogP) is 11.1. The van der Waals surface area contributed by atoms with Crippen LogP contribution in [0.3, 0.4) is 0 Å². The number of carboxylic acids is 1. The highest BCUT2D eigenvalue weighted by Gasteiger charge is 2.49. The van der Waals surface area contributed by atoms with E-state index < -0.39 is 46.3 Å². The molecule has 0 saturated heterocycles. The van der Waals surface area contributed by atoms with Gasteiger partial charge < -0.3 is 45.1 Å². The lowest BCUT2D eigenvalue weighted by Gasteiger charge is -2.28. The van der Waals surface area contributed by atoms with E-state index in [2.05, 4.69) is 31.9 Å². The number of fused-ring (bicyclic) bond motifs is 3. The van der Waals surface area contributed by atoms with Crippen LogP contribution >= 0.6 is 15.9 Å². The summed E-state index contributed by atoms with van der Waals surface area (Å²) in [4.78, 5) is 76.8. The number of hydrogen-bond donors (Lipinski definition) is 5. The minimum atomic E-state index is -1.32. The summed E-state index contributed by atoms with van der Waals surface area (Å²) >= 11 is 3.38. The number of amides is 3. The van der Waals surface area contributed by atoms with Gasteiger partial charge in [-0.1, -0.05) is 125 Å². The molecule has 3 fully saturated rings. The maximum Gasteiger partial charge on any atom is 0.332 e. The molecule has 0 radical (unpaired) electrons. The minimum Gasteiger partial charge on any atom is -0.507 e. The van der Waals surface area contributed by atoms with E-state index in [1.54, 1.807) is 57.2 Å². The third kappa shape index (κ3) is 15.0. The molecule has 15 nitrogen and oxygen atoms in total. The van der Waals surface area contributed by atoms with Crippen molar-refractivity contribution in [2.24, 2.45) is 17.8 Å². The topological polar surface area (TPSA) is 216 Å². The Morgan fingerprint density at radius 3 is 1.08 bits per heavy atom.